The molecule has 0 saturated carbocycles. The number of fused-ring (bicyclic) bond motifs is 1. The van der Waals surface area contributed by atoms with E-state index in [9.17, 15) is 0 Å². The van der Waals surface area contributed by atoms with Crippen molar-refractivity contribution in [2.75, 3.05) is 0 Å². The molecule has 16 heavy (non-hydrogen) atoms. The third-order valence-electron chi connectivity index (χ3n) is 5.28. The van der Waals surface area contributed by atoms with E-state index in [0.717, 1.165) is 0 Å². The van der Waals surface area contributed by atoms with E-state index in [1.165, 1.54) is 11.1 Å². The van der Waals surface area contributed by atoms with Crippen molar-refractivity contribution in [3.8, 4) is 0 Å². The van der Waals surface area contributed by atoms with Crippen LogP contribution in [0.5, 0.6) is 0 Å². The maximum atomic E-state index is 3.45. The van der Waals surface area contributed by atoms with Crippen molar-refractivity contribution in [3.05, 3.63) is 35.4 Å². The van der Waals surface area contributed by atoms with Gasteiger partial charge in [-0.15, -0.1) is 5.56 Å². The topological polar surface area (TPSA) is 0 Å². The zero-order valence-corrected chi connectivity index (χ0v) is 14.9. The molecular weight excluding hydrogens is 219 g/mol. The van der Waals surface area contributed by atoms with Crippen molar-refractivity contribution < 1.29 is 51.4 Å². The average Bonchev–Trinajstić information content (AvgIpc) is 2.26. The Morgan fingerprint density at radius 2 is 1.50 bits per heavy atom. The molecule has 0 aliphatic heterocycles. The standard InChI is InChI=1S/C15H21.K/c1-13(2)11-9-7-8-10-12(11)14(3,4)15(13,5)6;/h7-9H,1-6H3;/q-1;+1. The number of benzene rings is 1. The molecule has 0 N–H and O–H groups in total. The Bertz CT molecular complexity index is 363. The summed E-state index contributed by atoms with van der Waals surface area (Å²) in [5.41, 5.74) is 3.57. The van der Waals surface area contributed by atoms with Gasteiger partial charge in [-0.05, 0) is 16.2 Å². The Kier molecular flexibility index (Phi) is 3.92. The third kappa shape index (κ3) is 1.63. The zero-order valence-electron chi connectivity index (χ0n) is 11.7. The monoisotopic (exact) mass is 240 g/mol. The first-order chi connectivity index (χ1) is 6.73. The maximum Gasteiger partial charge on any atom is 1.00 e. The Morgan fingerprint density at radius 3 is 2.00 bits per heavy atom. The summed E-state index contributed by atoms with van der Waals surface area (Å²) in [4.78, 5) is 0. The fourth-order valence-corrected chi connectivity index (χ4v) is 2.91. The first kappa shape index (κ1) is 14.9. The second-order valence-corrected chi connectivity index (χ2v) is 6.33. The molecule has 1 aromatic carbocycles. The SMILES string of the molecule is CC1(C)c2[c-]cccc2C(C)(C)C1(C)C.[K+]. The smallest absolute Gasteiger partial charge is 0.180 e. The van der Waals surface area contributed by atoms with E-state index in [2.05, 4.69) is 59.7 Å². The minimum absolute atomic E-state index is 0. The summed E-state index contributed by atoms with van der Waals surface area (Å²) in [5.74, 6) is 0. The molecule has 1 aliphatic rings. The van der Waals surface area contributed by atoms with Crippen LogP contribution in [0.2, 0.25) is 0 Å². The largest absolute Gasteiger partial charge is 1.00 e. The van der Waals surface area contributed by atoms with Gasteiger partial charge >= 0.3 is 51.4 Å². The van der Waals surface area contributed by atoms with E-state index in [1.807, 2.05) is 6.07 Å². The normalized spacial score (nSPS) is 23.4. The molecule has 0 spiro atoms. The number of hydrogen-bond donors (Lipinski definition) is 0. The van der Waals surface area contributed by atoms with Gasteiger partial charge in [0.15, 0.2) is 0 Å². The molecule has 0 unspecified atom stereocenters. The van der Waals surface area contributed by atoms with Crippen molar-refractivity contribution in [3.63, 3.8) is 0 Å². The van der Waals surface area contributed by atoms with Gasteiger partial charge in [-0.3, -0.25) is 0 Å². The van der Waals surface area contributed by atoms with Gasteiger partial charge < -0.3 is 0 Å². The Hall–Kier alpha value is 0.856. The van der Waals surface area contributed by atoms with Gasteiger partial charge in [-0.25, -0.2) is 0 Å². The van der Waals surface area contributed by atoms with Gasteiger partial charge in [-0.1, -0.05) is 41.5 Å². The van der Waals surface area contributed by atoms with Crippen LogP contribution in [0.1, 0.15) is 52.7 Å². The molecule has 0 nitrogen and oxygen atoms in total. The first-order valence-corrected chi connectivity index (χ1v) is 5.74. The fraction of sp³-hybridized carbons (Fsp3) is 0.600. The molecule has 0 aromatic heterocycles. The quantitative estimate of drug-likeness (QED) is 0.470. The molecule has 0 radical (unpaired) electrons. The van der Waals surface area contributed by atoms with Gasteiger partial charge in [-0.2, -0.15) is 29.8 Å². The van der Waals surface area contributed by atoms with E-state index in [4.69, 9.17) is 0 Å². The molecule has 0 fully saturated rings. The molecule has 0 heterocycles. The average molecular weight is 240 g/mol. The summed E-state index contributed by atoms with van der Waals surface area (Å²) in [7, 11) is 0. The van der Waals surface area contributed by atoms with E-state index in [1.54, 1.807) is 0 Å². The summed E-state index contributed by atoms with van der Waals surface area (Å²) >= 11 is 0. The van der Waals surface area contributed by atoms with Crippen LogP contribution in [0.3, 0.4) is 0 Å². The van der Waals surface area contributed by atoms with E-state index < -0.39 is 0 Å². The summed E-state index contributed by atoms with van der Waals surface area (Å²) in [5, 5.41) is 0. The van der Waals surface area contributed by atoms with Crippen molar-refractivity contribution >= 4 is 0 Å². The van der Waals surface area contributed by atoms with Crippen LogP contribution in [0.25, 0.3) is 0 Å². The predicted octanol–water partition coefficient (Wildman–Crippen LogP) is 1.09. The molecule has 0 amide bonds. The molecule has 0 atom stereocenters. The molecule has 1 aliphatic carbocycles. The molecule has 82 valence electrons. The van der Waals surface area contributed by atoms with Crippen molar-refractivity contribution in [1.29, 1.82) is 0 Å². The second kappa shape index (κ2) is 4.20. The first-order valence-electron chi connectivity index (χ1n) is 5.74. The minimum atomic E-state index is 0. The Balaban J connectivity index is 0.00000128. The van der Waals surface area contributed by atoms with Crippen LogP contribution in [-0.4, -0.2) is 0 Å². The van der Waals surface area contributed by atoms with Gasteiger partial charge in [0.05, 0.1) is 0 Å². The minimum Gasteiger partial charge on any atom is -0.180 e. The molecule has 1 aromatic rings. The number of hydrogen-bond acceptors (Lipinski definition) is 0. The molecule has 2 rings (SSSR count). The van der Waals surface area contributed by atoms with Crippen molar-refractivity contribution in [2.24, 2.45) is 5.41 Å². The second-order valence-electron chi connectivity index (χ2n) is 6.33. The Labute approximate surface area is 143 Å². The van der Waals surface area contributed by atoms with E-state index >= 15 is 0 Å². The van der Waals surface area contributed by atoms with Crippen LogP contribution in [0.4, 0.5) is 0 Å². The zero-order chi connectivity index (χ0) is 11.5. The Morgan fingerprint density at radius 1 is 0.938 bits per heavy atom. The maximum absolute atomic E-state index is 3.45. The van der Waals surface area contributed by atoms with Crippen molar-refractivity contribution in [2.45, 2.75) is 52.4 Å². The fourth-order valence-electron chi connectivity index (χ4n) is 2.91. The van der Waals surface area contributed by atoms with Crippen LogP contribution >= 0.6 is 0 Å². The van der Waals surface area contributed by atoms with E-state index in [0.29, 0.717) is 0 Å². The van der Waals surface area contributed by atoms with Crippen LogP contribution in [0, 0.1) is 11.5 Å². The van der Waals surface area contributed by atoms with Crippen LogP contribution in [0.15, 0.2) is 18.2 Å². The summed E-state index contributed by atoms with van der Waals surface area (Å²) < 4.78 is 0. The summed E-state index contributed by atoms with van der Waals surface area (Å²) in [6.45, 7) is 14.2. The van der Waals surface area contributed by atoms with Gasteiger partial charge in [0, 0.05) is 0 Å². The van der Waals surface area contributed by atoms with Gasteiger partial charge in [0.25, 0.3) is 0 Å². The molecular formula is C15H21K. The van der Waals surface area contributed by atoms with Gasteiger partial charge in [0.2, 0.25) is 0 Å². The van der Waals surface area contributed by atoms with E-state index in [-0.39, 0.29) is 67.6 Å². The molecule has 0 bridgehead atoms. The third-order valence-corrected chi connectivity index (χ3v) is 5.28. The summed E-state index contributed by atoms with van der Waals surface area (Å²) in [6, 6.07) is 9.87. The van der Waals surface area contributed by atoms with Crippen LogP contribution < -0.4 is 51.4 Å². The van der Waals surface area contributed by atoms with Crippen LogP contribution in [-0.2, 0) is 10.8 Å². The molecule has 0 saturated heterocycles. The number of rotatable bonds is 0. The van der Waals surface area contributed by atoms with Gasteiger partial charge in [0.1, 0.15) is 0 Å². The summed E-state index contributed by atoms with van der Waals surface area (Å²) in [6.07, 6.45) is 0. The molecule has 1 heteroatoms. The van der Waals surface area contributed by atoms with Crippen molar-refractivity contribution in [1.82, 2.24) is 0 Å². The predicted molar refractivity (Wildman–Crippen MR) is 65.1 cm³/mol.